The van der Waals surface area contributed by atoms with Crippen molar-refractivity contribution >= 4 is 21.6 Å². The van der Waals surface area contributed by atoms with Gasteiger partial charge in [-0.05, 0) is 24.1 Å². The van der Waals surface area contributed by atoms with Crippen molar-refractivity contribution in [3.05, 3.63) is 65.7 Å². The van der Waals surface area contributed by atoms with Gasteiger partial charge in [-0.2, -0.15) is 0 Å². The fourth-order valence-corrected chi connectivity index (χ4v) is 3.34. The Kier molecular flexibility index (Phi) is 6.11. The van der Waals surface area contributed by atoms with Gasteiger partial charge >= 0.3 is 0 Å². The number of rotatable bonds is 7. The number of nitrogens with one attached hydrogen (secondary N) is 1. The van der Waals surface area contributed by atoms with Crippen LogP contribution in [0.15, 0.2) is 54.6 Å². The highest BCUT2D eigenvalue weighted by molar-refractivity contribution is 7.89. The molecule has 0 aliphatic carbocycles. The molecule has 0 spiro atoms. The molecule has 2 rings (SSSR count). The standard InChI is InChI=1S/C18H22N2O3S/c1-15-8-6-7-11-17(15)19-18(21)12-13-24(22,23)20(2)14-16-9-4-3-5-10-16/h3-11H,12-14H2,1-2H3,(H,19,21). The van der Waals surface area contributed by atoms with Crippen molar-refractivity contribution in [3.8, 4) is 0 Å². The molecule has 0 saturated carbocycles. The van der Waals surface area contributed by atoms with Gasteiger partial charge in [0.25, 0.3) is 0 Å². The van der Waals surface area contributed by atoms with Crippen molar-refractivity contribution in [1.82, 2.24) is 4.31 Å². The van der Waals surface area contributed by atoms with Crippen LogP contribution in [0.5, 0.6) is 0 Å². The molecule has 5 nitrogen and oxygen atoms in total. The van der Waals surface area contributed by atoms with Crippen molar-refractivity contribution in [2.24, 2.45) is 0 Å². The molecule has 0 fully saturated rings. The van der Waals surface area contributed by atoms with E-state index in [-0.39, 0.29) is 18.1 Å². The monoisotopic (exact) mass is 346 g/mol. The highest BCUT2D eigenvalue weighted by Gasteiger charge is 2.19. The molecule has 0 aliphatic rings. The smallest absolute Gasteiger partial charge is 0.225 e. The molecule has 0 atom stereocenters. The third-order valence-corrected chi connectivity index (χ3v) is 5.53. The van der Waals surface area contributed by atoms with Crippen LogP contribution in [-0.2, 0) is 21.4 Å². The van der Waals surface area contributed by atoms with E-state index < -0.39 is 10.0 Å². The number of sulfonamides is 1. The largest absolute Gasteiger partial charge is 0.326 e. The number of anilines is 1. The number of hydrogen-bond donors (Lipinski definition) is 1. The van der Waals surface area contributed by atoms with Gasteiger partial charge in [-0.3, -0.25) is 4.79 Å². The van der Waals surface area contributed by atoms with E-state index in [2.05, 4.69) is 5.32 Å². The summed E-state index contributed by atoms with van der Waals surface area (Å²) in [4.78, 5) is 12.0. The van der Waals surface area contributed by atoms with Gasteiger partial charge in [0.2, 0.25) is 15.9 Å². The maximum atomic E-state index is 12.3. The lowest BCUT2D eigenvalue weighted by atomic mass is 10.2. The highest BCUT2D eigenvalue weighted by Crippen LogP contribution is 2.14. The van der Waals surface area contributed by atoms with Crippen molar-refractivity contribution < 1.29 is 13.2 Å². The lowest BCUT2D eigenvalue weighted by Gasteiger charge is -2.17. The Bertz CT molecular complexity index is 789. The predicted molar refractivity (Wildman–Crippen MR) is 96.1 cm³/mol. The van der Waals surface area contributed by atoms with Crippen molar-refractivity contribution in [1.29, 1.82) is 0 Å². The van der Waals surface area contributed by atoms with E-state index in [1.165, 1.54) is 11.4 Å². The minimum absolute atomic E-state index is 0.0736. The first-order valence-electron chi connectivity index (χ1n) is 7.72. The molecule has 0 saturated heterocycles. The summed E-state index contributed by atoms with van der Waals surface area (Å²) in [6.07, 6.45) is -0.0736. The Balaban J connectivity index is 1.90. The van der Waals surface area contributed by atoms with E-state index in [9.17, 15) is 13.2 Å². The molecular weight excluding hydrogens is 324 g/mol. The fourth-order valence-electron chi connectivity index (χ4n) is 2.24. The molecule has 2 aromatic carbocycles. The Hall–Kier alpha value is -2.18. The van der Waals surface area contributed by atoms with Gasteiger partial charge in [0, 0.05) is 25.7 Å². The van der Waals surface area contributed by atoms with Gasteiger partial charge in [0.1, 0.15) is 0 Å². The van der Waals surface area contributed by atoms with Crippen LogP contribution in [0.1, 0.15) is 17.5 Å². The molecule has 1 amide bonds. The van der Waals surface area contributed by atoms with Crippen LogP contribution in [0.25, 0.3) is 0 Å². The number of aryl methyl sites for hydroxylation is 1. The van der Waals surface area contributed by atoms with E-state index in [0.29, 0.717) is 12.2 Å². The van der Waals surface area contributed by atoms with Crippen LogP contribution < -0.4 is 5.32 Å². The Morgan fingerprint density at radius 3 is 2.33 bits per heavy atom. The molecule has 0 radical (unpaired) electrons. The maximum absolute atomic E-state index is 12.3. The molecule has 0 unspecified atom stereocenters. The van der Waals surface area contributed by atoms with Gasteiger partial charge in [-0.1, -0.05) is 48.5 Å². The number of benzene rings is 2. The fraction of sp³-hybridized carbons (Fsp3) is 0.278. The Labute approximate surface area is 143 Å². The summed E-state index contributed by atoms with van der Waals surface area (Å²) in [6, 6.07) is 16.8. The van der Waals surface area contributed by atoms with Gasteiger partial charge in [-0.15, -0.1) is 0 Å². The first kappa shape index (κ1) is 18.2. The maximum Gasteiger partial charge on any atom is 0.225 e. The summed E-state index contributed by atoms with van der Waals surface area (Å²) in [7, 11) is -1.95. The minimum Gasteiger partial charge on any atom is -0.326 e. The predicted octanol–water partition coefficient (Wildman–Crippen LogP) is 2.79. The second kappa shape index (κ2) is 8.08. The SMILES string of the molecule is Cc1ccccc1NC(=O)CCS(=O)(=O)N(C)Cc1ccccc1. The average Bonchev–Trinajstić information content (AvgIpc) is 2.56. The zero-order valence-corrected chi connectivity index (χ0v) is 14.7. The third kappa shape index (κ3) is 5.18. The molecule has 0 aliphatic heterocycles. The number of carbonyl (C=O) groups excluding carboxylic acids is 1. The molecule has 0 aromatic heterocycles. The van der Waals surface area contributed by atoms with Gasteiger partial charge < -0.3 is 5.32 Å². The minimum atomic E-state index is -3.48. The Morgan fingerprint density at radius 1 is 1.04 bits per heavy atom. The summed E-state index contributed by atoms with van der Waals surface area (Å²) in [5.74, 6) is -0.519. The van der Waals surface area contributed by atoms with E-state index in [1.54, 1.807) is 6.07 Å². The van der Waals surface area contributed by atoms with E-state index in [1.807, 2.05) is 55.5 Å². The normalized spacial score (nSPS) is 11.5. The highest BCUT2D eigenvalue weighted by atomic mass is 32.2. The topological polar surface area (TPSA) is 66.5 Å². The Morgan fingerprint density at radius 2 is 1.67 bits per heavy atom. The van der Waals surface area contributed by atoms with Gasteiger partial charge in [-0.25, -0.2) is 12.7 Å². The van der Waals surface area contributed by atoms with Crippen LogP contribution in [-0.4, -0.2) is 31.4 Å². The molecule has 6 heteroatoms. The zero-order valence-electron chi connectivity index (χ0n) is 13.9. The summed E-state index contributed by atoms with van der Waals surface area (Å²) >= 11 is 0. The molecule has 128 valence electrons. The number of amides is 1. The van der Waals surface area contributed by atoms with Crippen LogP contribution in [0.4, 0.5) is 5.69 Å². The zero-order chi connectivity index (χ0) is 17.6. The molecule has 24 heavy (non-hydrogen) atoms. The average molecular weight is 346 g/mol. The van der Waals surface area contributed by atoms with E-state index in [0.717, 1.165) is 11.1 Å². The summed E-state index contributed by atoms with van der Waals surface area (Å²) in [5.41, 5.74) is 2.56. The number of carbonyl (C=O) groups is 1. The summed E-state index contributed by atoms with van der Waals surface area (Å²) in [6.45, 7) is 2.18. The lowest BCUT2D eigenvalue weighted by Crippen LogP contribution is -2.30. The lowest BCUT2D eigenvalue weighted by molar-refractivity contribution is -0.115. The summed E-state index contributed by atoms with van der Waals surface area (Å²) in [5, 5.41) is 2.75. The second-order valence-corrected chi connectivity index (χ2v) is 7.87. The summed E-state index contributed by atoms with van der Waals surface area (Å²) < 4.78 is 25.9. The molecular formula is C18H22N2O3S. The van der Waals surface area contributed by atoms with E-state index in [4.69, 9.17) is 0 Å². The van der Waals surface area contributed by atoms with Gasteiger partial charge in [0.05, 0.1) is 5.75 Å². The van der Waals surface area contributed by atoms with Crippen LogP contribution in [0, 0.1) is 6.92 Å². The van der Waals surface area contributed by atoms with Gasteiger partial charge in [0.15, 0.2) is 0 Å². The van der Waals surface area contributed by atoms with E-state index >= 15 is 0 Å². The van der Waals surface area contributed by atoms with Crippen LogP contribution >= 0.6 is 0 Å². The van der Waals surface area contributed by atoms with Crippen LogP contribution in [0.2, 0.25) is 0 Å². The molecule has 0 bridgehead atoms. The van der Waals surface area contributed by atoms with Crippen molar-refractivity contribution in [3.63, 3.8) is 0 Å². The quantitative estimate of drug-likeness (QED) is 0.838. The van der Waals surface area contributed by atoms with Crippen LogP contribution in [0.3, 0.4) is 0 Å². The first-order valence-corrected chi connectivity index (χ1v) is 9.33. The number of nitrogens with zero attached hydrogens (tertiary/aromatic N) is 1. The first-order chi connectivity index (χ1) is 11.4. The molecule has 2 aromatic rings. The van der Waals surface area contributed by atoms with Crippen molar-refractivity contribution in [2.45, 2.75) is 19.9 Å². The van der Waals surface area contributed by atoms with Crippen molar-refractivity contribution in [2.75, 3.05) is 18.1 Å². The number of hydrogen-bond acceptors (Lipinski definition) is 3. The number of para-hydroxylation sites is 1. The second-order valence-electron chi connectivity index (χ2n) is 5.67. The molecule has 0 heterocycles. The third-order valence-electron chi connectivity index (χ3n) is 3.73. The molecule has 1 N–H and O–H groups in total.